The van der Waals surface area contributed by atoms with Gasteiger partial charge in [-0.1, -0.05) is 30.3 Å². The number of nitrogens with one attached hydrogen (secondary N) is 3. The van der Waals surface area contributed by atoms with E-state index in [-0.39, 0.29) is 11.9 Å². The highest BCUT2D eigenvalue weighted by atomic mass is 32.1. The van der Waals surface area contributed by atoms with Crippen LogP contribution < -0.4 is 15.1 Å². The van der Waals surface area contributed by atoms with Gasteiger partial charge in [0.1, 0.15) is 36.7 Å². The maximum atomic E-state index is 12.9. The summed E-state index contributed by atoms with van der Waals surface area (Å²) >= 11 is 1.37. The number of piperazine rings is 1. The summed E-state index contributed by atoms with van der Waals surface area (Å²) in [6.45, 7) is 8.12. The maximum Gasteiger partial charge on any atom is 0.341 e. The van der Waals surface area contributed by atoms with Crippen LogP contribution in [0.15, 0.2) is 35.7 Å². The van der Waals surface area contributed by atoms with Crippen LogP contribution in [0, 0.1) is 0 Å². The molecule has 1 aliphatic rings. The van der Waals surface area contributed by atoms with E-state index in [0.29, 0.717) is 17.2 Å². The molecule has 0 bridgehead atoms. The smallest absolute Gasteiger partial charge is 0.341 e. The normalized spacial score (nSPS) is 20.4. The van der Waals surface area contributed by atoms with Crippen molar-refractivity contribution in [2.75, 3.05) is 45.2 Å². The van der Waals surface area contributed by atoms with Gasteiger partial charge >= 0.3 is 5.97 Å². The molecule has 28 heavy (non-hydrogen) atoms. The lowest BCUT2D eigenvalue weighted by atomic mass is 10.0. The fourth-order valence-electron chi connectivity index (χ4n) is 3.52. The third-order valence-electron chi connectivity index (χ3n) is 5.34. The molecule has 0 saturated carbocycles. The second kappa shape index (κ2) is 9.32. The molecule has 1 saturated heterocycles. The predicted octanol–water partition coefficient (Wildman–Crippen LogP) is 0.332. The monoisotopic (exact) mass is 403 g/mol. The van der Waals surface area contributed by atoms with Crippen molar-refractivity contribution in [3.63, 3.8) is 0 Å². The van der Waals surface area contributed by atoms with Crippen molar-refractivity contribution in [3.8, 4) is 11.1 Å². The minimum Gasteiger partial charge on any atom is -0.462 e. The Bertz CT molecular complexity index is 814. The summed E-state index contributed by atoms with van der Waals surface area (Å²) in [5.74, 6) is -0.456. The summed E-state index contributed by atoms with van der Waals surface area (Å²) in [6, 6.07) is 9.54. The number of benzene rings is 1. The molecule has 1 aromatic heterocycles. The Labute approximate surface area is 170 Å². The van der Waals surface area contributed by atoms with Crippen LogP contribution >= 0.6 is 11.3 Å². The molecule has 1 fully saturated rings. The largest absolute Gasteiger partial charge is 0.462 e. The van der Waals surface area contributed by atoms with Gasteiger partial charge in [0, 0.05) is 10.9 Å². The molecule has 150 valence electrons. The van der Waals surface area contributed by atoms with Crippen LogP contribution in [0.1, 0.15) is 24.2 Å². The molecule has 6 nitrogen and oxygen atoms in total. The Balaban J connectivity index is 1.82. The van der Waals surface area contributed by atoms with Gasteiger partial charge in [-0.25, -0.2) is 4.79 Å². The molecule has 0 spiro atoms. The number of amides is 1. The first-order valence-corrected chi connectivity index (χ1v) is 10.7. The van der Waals surface area contributed by atoms with Gasteiger partial charge < -0.3 is 19.9 Å². The van der Waals surface area contributed by atoms with E-state index in [1.807, 2.05) is 42.6 Å². The first-order chi connectivity index (χ1) is 13.5. The van der Waals surface area contributed by atoms with Crippen molar-refractivity contribution < 1.29 is 24.1 Å². The topological polar surface area (TPSA) is 64.3 Å². The molecular formula is C21H29N3O3S+2. The highest BCUT2D eigenvalue weighted by Crippen LogP contribution is 2.36. The van der Waals surface area contributed by atoms with Gasteiger partial charge in [0.15, 0.2) is 6.04 Å². The van der Waals surface area contributed by atoms with E-state index in [2.05, 4.69) is 12.4 Å². The standard InChI is InChI=1S/C21H27N3O3S/c1-4-27-21(26)18-17(16-8-6-5-7-9-16)14-28-20(18)22-19(25)15(2)24-12-10-23(3)11-13-24/h5-9,14-15H,4,10-13H2,1-3H3,(H,22,25)/p+2/t15-/m0/s1. The Morgan fingerprint density at radius 3 is 2.50 bits per heavy atom. The molecule has 3 N–H and O–H groups in total. The fourth-order valence-corrected chi connectivity index (χ4v) is 4.48. The fraction of sp³-hybridized carbons (Fsp3) is 0.429. The number of thiophene rings is 1. The SMILES string of the molecule is CCOC(=O)c1c(-c2ccccc2)csc1NC(=O)[C@H](C)[NH+]1CC[NH+](C)CC1. The van der Waals surface area contributed by atoms with Crippen molar-refractivity contribution in [1.82, 2.24) is 0 Å². The van der Waals surface area contributed by atoms with Gasteiger partial charge in [0.05, 0.1) is 13.7 Å². The maximum absolute atomic E-state index is 12.9. The van der Waals surface area contributed by atoms with Crippen molar-refractivity contribution in [2.24, 2.45) is 0 Å². The molecule has 0 radical (unpaired) electrons. The lowest BCUT2D eigenvalue weighted by molar-refractivity contribution is -1.01. The molecule has 1 aliphatic heterocycles. The van der Waals surface area contributed by atoms with Crippen LogP contribution in [-0.2, 0) is 9.53 Å². The van der Waals surface area contributed by atoms with Crippen LogP contribution in [0.3, 0.4) is 0 Å². The van der Waals surface area contributed by atoms with Crippen molar-refractivity contribution in [3.05, 3.63) is 41.3 Å². The second-order valence-electron chi connectivity index (χ2n) is 7.27. The lowest BCUT2D eigenvalue weighted by Gasteiger charge is -2.30. The summed E-state index contributed by atoms with van der Waals surface area (Å²) in [4.78, 5) is 28.3. The minimum atomic E-state index is -0.402. The number of quaternary nitrogens is 2. The van der Waals surface area contributed by atoms with E-state index in [1.165, 1.54) is 21.1 Å². The number of ether oxygens (including phenoxy) is 1. The number of esters is 1. The average molecular weight is 404 g/mol. The van der Waals surface area contributed by atoms with Gasteiger partial charge in [-0.2, -0.15) is 0 Å². The summed E-state index contributed by atoms with van der Waals surface area (Å²) in [5.41, 5.74) is 2.17. The molecule has 3 rings (SSSR count). The Morgan fingerprint density at radius 2 is 1.86 bits per heavy atom. The first-order valence-electron chi connectivity index (χ1n) is 9.82. The zero-order valence-corrected chi connectivity index (χ0v) is 17.5. The second-order valence-corrected chi connectivity index (χ2v) is 8.15. The highest BCUT2D eigenvalue weighted by molar-refractivity contribution is 7.15. The van der Waals surface area contributed by atoms with E-state index >= 15 is 0 Å². The minimum absolute atomic E-state index is 0.0541. The quantitative estimate of drug-likeness (QED) is 0.609. The van der Waals surface area contributed by atoms with Gasteiger partial charge in [0.2, 0.25) is 0 Å². The molecule has 2 heterocycles. The molecular weight excluding hydrogens is 374 g/mol. The van der Waals surface area contributed by atoms with E-state index in [4.69, 9.17) is 4.74 Å². The van der Waals surface area contributed by atoms with Crippen LogP contribution in [-0.4, -0.2) is 57.8 Å². The third kappa shape index (κ3) is 4.60. The zero-order chi connectivity index (χ0) is 20.1. The van der Waals surface area contributed by atoms with E-state index in [9.17, 15) is 9.59 Å². The van der Waals surface area contributed by atoms with E-state index in [0.717, 1.165) is 37.3 Å². The summed E-state index contributed by atoms with van der Waals surface area (Å²) in [6.07, 6.45) is 0. The number of hydrogen-bond donors (Lipinski definition) is 3. The van der Waals surface area contributed by atoms with Gasteiger partial charge in [-0.05, 0) is 19.4 Å². The average Bonchev–Trinajstić information content (AvgIpc) is 3.12. The zero-order valence-electron chi connectivity index (χ0n) is 16.7. The van der Waals surface area contributed by atoms with E-state index < -0.39 is 5.97 Å². The summed E-state index contributed by atoms with van der Waals surface area (Å²) in [7, 11) is 2.18. The van der Waals surface area contributed by atoms with Crippen LogP contribution in [0.4, 0.5) is 5.00 Å². The number of hydrogen-bond acceptors (Lipinski definition) is 4. The lowest BCUT2D eigenvalue weighted by Crippen LogP contribution is -3.29. The van der Waals surface area contributed by atoms with Crippen molar-refractivity contribution >= 4 is 28.2 Å². The molecule has 0 unspecified atom stereocenters. The number of likely N-dealkylation sites (N-methyl/N-ethyl adjacent to an activating group) is 1. The molecule has 1 atom stereocenters. The Kier molecular flexibility index (Phi) is 6.83. The first kappa shape index (κ1) is 20.5. The number of carbonyl (C=O) groups is 2. The molecule has 2 aromatic rings. The number of carbonyl (C=O) groups excluding carboxylic acids is 2. The Hall–Kier alpha value is -2.22. The molecule has 1 amide bonds. The summed E-state index contributed by atoms with van der Waals surface area (Å²) < 4.78 is 5.27. The number of rotatable bonds is 6. The summed E-state index contributed by atoms with van der Waals surface area (Å²) in [5, 5.41) is 5.47. The molecule has 7 heteroatoms. The predicted molar refractivity (Wildman–Crippen MR) is 111 cm³/mol. The van der Waals surface area contributed by atoms with Gasteiger partial charge in [-0.3, -0.25) is 4.79 Å². The highest BCUT2D eigenvalue weighted by Gasteiger charge is 2.31. The Morgan fingerprint density at radius 1 is 1.18 bits per heavy atom. The number of anilines is 1. The van der Waals surface area contributed by atoms with Crippen molar-refractivity contribution in [1.29, 1.82) is 0 Å². The van der Waals surface area contributed by atoms with Crippen LogP contribution in [0.2, 0.25) is 0 Å². The van der Waals surface area contributed by atoms with Gasteiger partial charge in [-0.15, -0.1) is 11.3 Å². The van der Waals surface area contributed by atoms with Crippen molar-refractivity contribution in [2.45, 2.75) is 19.9 Å². The van der Waals surface area contributed by atoms with Crippen LogP contribution in [0.5, 0.6) is 0 Å². The van der Waals surface area contributed by atoms with Crippen LogP contribution in [0.25, 0.3) is 11.1 Å². The molecule has 0 aliphatic carbocycles. The third-order valence-corrected chi connectivity index (χ3v) is 6.24. The van der Waals surface area contributed by atoms with Gasteiger partial charge in [0.25, 0.3) is 5.91 Å². The van der Waals surface area contributed by atoms with E-state index in [1.54, 1.807) is 6.92 Å². The molecule has 1 aromatic carbocycles.